The van der Waals surface area contributed by atoms with Gasteiger partial charge in [0.05, 0.1) is 0 Å². The molecule has 0 aliphatic heterocycles. The highest BCUT2D eigenvalue weighted by Crippen LogP contribution is 2.07. The molecule has 112 valence electrons. The Labute approximate surface area is 121 Å². The van der Waals surface area contributed by atoms with Crippen LogP contribution < -0.4 is 10.2 Å². The topological polar surface area (TPSA) is 56.2 Å². The van der Waals surface area contributed by atoms with Gasteiger partial charge in [0.1, 0.15) is 12.4 Å². The fourth-order valence-corrected chi connectivity index (χ4v) is 1.85. The first-order valence-corrected chi connectivity index (χ1v) is 6.91. The van der Waals surface area contributed by atoms with E-state index in [1.165, 1.54) is 0 Å². The van der Waals surface area contributed by atoms with Crippen molar-refractivity contribution in [3.63, 3.8) is 0 Å². The third-order valence-corrected chi connectivity index (χ3v) is 3.04. The van der Waals surface area contributed by atoms with Gasteiger partial charge in [-0.15, -0.1) is 0 Å². The molecule has 0 amide bonds. The fraction of sp³-hybridized carbons (Fsp3) is 0.571. The Bertz CT molecular complexity index is 388. The van der Waals surface area contributed by atoms with Crippen LogP contribution >= 0.6 is 0 Å². The quantitative estimate of drug-likeness (QED) is 0.604. The minimum absolute atomic E-state index is 0.446. The number of hydrogen-bond donors (Lipinski definition) is 2. The molecule has 1 aromatic carbocycles. The molecule has 0 aliphatic carbocycles. The van der Waals surface area contributed by atoms with Crippen LogP contribution in [-0.2, 0) is 0 Å². The normalized spacial score (nSPS) is 11.2. The molecule has 0 heterocycles. The Morgan fingerprint density at radius 3 is 2.50 bits per heavy atom. The molecule has 2 N–H and O–H groups in total. The van der Waals surface area contributed by atoms with E-state index in [2.05, 4.69) is 30.9 Å². The van der Waals surface area contributed by atoms with E-state index in [0.29, 0.717) is 17.8 Å². The zero-order valence-corrected chi connectivity index (χ0v) is 12.6. The number of rotatable bonds is 9. The van der Waals surface area contributed by atoms with Crippen molar-refractivity contribution in [1.29, 1.82) is 0 Å². The average molecular weight is 280 g/mol. The van der Waals surface area contributed by atoms with E-state index in [1.807, 2.05) is 6.07 Å². The molecule has 0 radical (unpaired) electrons. The molecule has 20 heavy (non-hydrogen) atoms. The summed E-state index contributed by atoms with van der Waals surface area (Å²) in [5.41, 5.74) is 0.446. The molecule has 1 rings (SSSR count). The summed E-state index contributed by atoms with van der Waals surface area (Å²) in [7, 11) is 4.77. The molecule has 0 fully saturated rings. The second kappa shape index (κ2) is 8.97. The Morgan fingerprint density at radius 1 is 1.10 bits per heavy atom. The van der Waals surface area contributed by atoms with Gasteiger partial charge < -0.3 is 24.6 Å². The van der Waals surface area contributed by atoms with E-state index in [9.17, 15) is 0 Å². The summed E-state index contributed by atoms with van der Waals surface area (Å²) in [5.74, 6) is 0.664. The third kappa shape index (κ3) is 6.91. The van der Waals surface area contributed by atoms with E-state index in [-0.39, 0.29) is 0 Å². The van der Waals surface area contributed by atoms with Crippen LogP contribution in [-0.4, -0.2) is 74.4 Å². The number of benzene rings is 1. The van der Waals surface area contributed by atoms with Crippen molar-refractivity contribution < 1.29 is 14.8 Å². The molecule has 0 bridgehead atoms. The van der Waals surface area contributed by atoms with Gasteiger partial charge in [0.15, 0.2) is 0 Å². The molecule has 0 spiro atoms. The maximum atomic E-state index is 9.09. The van der Waals surface area contributed by atoms with E-state index in [4.69, 9.17) is 14.8 Å². The largest absolute Gasteiger partial charge is 0.492 e. The Balaban J connectivity index is 2.24. The van der Waals surface area contributed by atoms with Crippen molar-refractivity contribution in [1.82, 2.24) is 9.80 Å². The van der Waals surface area contributed by atoms with E-state index < -0.39 is 7.12 Å². The van der Waals surface area contributed by atoms with Crippen LogP contribution in [0, 0.1) is 0 Å². The maximum absolute atomic E-state index is 9.09. The zero-order valence-electron chi connectivity index (χ0n) is 12.6. The van der Waals surface area contributed by atoms with E-state index in [1.54, 1.807) is 18.2 Å². The summed E-state index contributed by atoms with van der Waals surface area (Å²) in [6, 6.07) is 6.88. The minimum atomic E-state index is -1.45. The lowest BCUT2D eigenvalue weighted by Gasteiger charge is -2.18. The summed E-state index contributed by atoms with van der Waals surface area (Å²) in [6.45, 7) is 3.56. The molecule has 6 heteroatoms. The lowest BCUT2D eigenvalue weighted by atomic mass is 9.80. The number of ether oxygens (including phenoxy) is 1. The van der Waals surface area contributed by atoms with Crippen LogP contribution in [0.1, 0.15) is 6.42 Å². The smallest absolute Gasteiger partial charge is 0.488 e. The van der Waals surface area contributed by atoms with Gasteiger partial charge in [-0.05, 0) is 58.2 Å². The molecule has 0 saturated carbocycles. The molecule has 1 aromatic rings. The first-order chi connectivity index (χ1) is 9.49. The van der Waals surface area contributed by atoms with Gasteiger partial charge in [-0.3, -0.25) is 0 Å². The van der Waals surface area contributed by atoms with Gasteiger partial charge in [0.2, 0.25) is 0 Å². The van der Waals surface area contributed by atoms with Crippen LogP contribution in [0.5, 0.6) is 5.75 Å². The molecule has 0 aromatic heterocycles. The average Bonchev–Trinajstić information content (AvgIpc) is 2.38. The van der Waals surface area contributed by atoms with Crippen LogP contribution in [0.2, 0.25) is 0 Å². The van der Waals surface area contributed by atoms with Gasteiger partial charge in [0, 0.05) is 6.54 Å². The maximum Gasteiger partial charge on any atom is 0.488 e. The monoisotopic (exact) mass is 280 g/mol. The molecule has 5 nitrogen and oxygen atoms in total. The molecular weight excluding hydrogens is 255 g/mol. The summed E-state index contributed by atoms with van der Waals surface area (Å²) in [5, 5.41) is 18.2. The van der Waals surface area contributed by atoms with E-state index in [0.717, 1.165) is 26.1 Å². The Kier molecular flexibility index (Phi) is 7.61. The van der Waals surface area contributed by atoms with Gasteiger partial charge in [-0.1, -0.05) is 12.1 Å². The lowest BCUT2D eigenvalue weighted by Crippen LogP contribution is -2.30. The highest BCUT2D eigenvalue weighted by atomic mass is 16.5. The minimum Gasteiger partial charge on any atom is -0.492 e. The summed E-state index contributed by atoms with van der Waals surface area (Å²) in [6.07, 6.45) is 1.13. The van der Waals surface area contributed by atoms with Crippen molar-refractivity contribution in [2.45, 2.75) is 6.42 Å². The zero-order chi connectivity index (χ0) is 15.0. The van der Waals surface area contributed by atoms with Crippen molar-refractivity contribution in [3.8, 4) is 5.75 Å². The van der Waals surface area contributed by atoms with Gasteiger partial charge in [-0.25, -0.2) is 0 Å². The first kappa shape index (κ1) is 17.0. The third-order valence-electron chi connectivity index (χ3n) is 3.04. The second-order valence-corrected chi connectivity index (χ2v) is 5.25. The first-order valence-electron chi connectivity index (χ1n) is 6.91. The summed E-state index contributed by atoms with van der Waals surface area (Å²) in [4.78, 5) is 4.41. The lowest BCUT2D eigenvalue weighted by molar-refractivity contribution is 0.229. The van der Waals surface area contributed by atoms with Gasteiger partial charge in [0.25, 0.3) is 0 Å². The predicted octanol–water partition coefficient (Wildman–Crippen LogP) is -0.371. The van der Waals surface area contributed by atoms with E-state index >= 15 is 0 Å². The van der Waals surface area contributed by atoms with Crippen LogP contribution in [0.3, 0.4) is 0 Å². The second-order valence-electron chi connectivity index (χ2n) is 5.25. The van der Waals surface area contributed by atoms with Crippen LogP contribution in [0.15, 0.2) is 24.3 Å². The van der Waals surface area contributed by atoms with Crippen LogP contribution in [0.4, 0.5) is 0 Å². The Hall–Kier alpha value is -1.08. The Morgan fingerprint density at radius 2 is 1.85 bits per heavy atom. The highest BCUT2D eigenvalue weighted by molar-refractivity contribution is 6.58. The van der Waals surface area contributed by atoms with Crippen molar-refractivity contribution in [2.75, 3.05) is 47.4 Å². The standard InChI is InChI=1S/C14H25BN2O3/c1-16(2)8-5-9-17(3)10-11-20-14-7-4-6-13(12-14)15(18)19/h4,6-7,12,18-19H,5,8-11H2,1-3H3. The molecule has 0 aliphatic rings. The number of hydrogen-bond acceptors (Lipinski definition) is 5. The molecular formula is C14H25BN2O3. The van der Waals surface area contributed by atoms with Crippen molar-refractivity contribution in [3.05, 3.63) is 24.3 Å². The van der Waals surface area contributed by atoms with Crippen molar-refractivity contribution in [2.24, 2.45) is 0 Å². The van der Waals surface area contributed by atoms with Gasteiger partial charge in [-0.2, -0.15) is 0 Å². The number of nitrogens with zero attached hydrogens (tertiary/aromatic N) is 2. The predicted molar refractivity (Wildman–Crippen MR) is 82.4 cm³/mol. The SMILES string of the molecule is CN(C)CCCN(C)CCOc1cccc(B(O)O)c1. The van der Waals surface area contributed by atoms with Crippen molar-refractivity contribution >= 4 is 12.6 Å². The molecule has 0 atom stereocenters. The summed E-state index contributed by atoms with van der Waals surface area (Å²) < 4.78 is 5.62. The molecule has 0 unspecified atom stereocenters. The van der Waals surface area contributed by atoms with Crippen LogP contribution in [0.25, 0.3) is 0 Å². The molecule has 0 saturated heterocycles. The highest BCUT2D eigenvalue weighted by Gasteiger charge is 2.11. The summed E-state index contributed by atoms with van der Waals surface area (Å²) >= 11 is 0. The number of likely N-dealkylation sites (N-methyl/N-ethyl adjacent to an activating group) is 1. The van der Waals surface area contributed by atoms with Gasteiger partial charge >= 0.3 is 7.12 Å². The fourth-order valence-electron chi connectivity index (χ4n) is 1.85.